The molecule has 3 aromatic rings. The first kappa shape index (κ1) is 20.4. The summed E-state index contributed by atoms with van der Waals surface area (Å²) in [6.45, 7) is 6.27. The van der Waals surface area contributed by atoms with Gasteiger partial charge in [-0.2, -0.15) is 0 Å². The summed E-state index contributed by atoms with van der Waals surface area (Å²) in [5.74, 6) is 0. The molecule has 0 saturated carbocycles. The minimum atomic E-state index is -3.71. The van der Waals surface area contributed by atoms with Crippen molar-refractivity contribution in [3.05, 3.63) is 88.7 Å². The van der Waals surface area contributed by atoms with Crippen LogP contribution in [0, 0.1) is 0 Å². The molecular formula is C22H23ClN2O2S. The number of hydrogen-bond acceptors (Lipinski definition) is 3. The molecule has 3 rings (SSSR count). The average Bonchev–Trinajstić information content (AvgIpc) is 2.64. The van der Waals surface area contributed by atoms with Gasteiger partial charge in [0, 0.05) is 17.4 Å². The number of benzene rings is 2. The first-order chi connectivity index (χ1) is 13.1. The van der Waals surface area contributed by atoms with Crippen molar-refractivity contribution >= 4 is 27.3 Å². The normalized spacial score (nSPS) is 12.0. The molecule has 0 unspecified atom stereocenters. The Balaban J connectivity index is 1.90. The molecule has 0 atom stereocenters. The van der Waals surface area contributed by atoms with Gasteiger partial charge in [-0.05, 0) is 71.0 Å². The molecule has 28 heavy (non-hydrogen) atoms. The van der Waals surface area contributed by atoms with E-state index in [2.05, 4.69) is 30.5 Å². The van der Waals surface area contributed by atoms with Crippen LogP contribution in [0.4, 0.5) is 5.69 Å². The summed E-state index contributed by atoms with van der Waals surface area (Å²) in [5, 5.41) is 0.557. The second kappa shape index (κ2) is 7.94. The number of nitrogens with zero attached hydrogens (tertiary/aromatic N) is 1. The van der Waals surface area contributed by atoms with Gasteiger partial charge in [-0.15, -0.1) is 0 Å². The molecule has 1 aromatic heterocycles. The fourth-order valence-corrected chi connectivity index (χ4v) is 4.16. The van der Waals surface area contributed by atoms with Crippen molar-refractivity contribution in [3.8, 4) is 0 Å². The summed E-state index contributed by atoms with van der Waals surface area (Å²) in [5.41, 5.74) is 3.38. The van der Waals surface area contributed by atoms with Crippen LogP contribution >= 0.6 is 11.6 Å². The van der Waals surface area contributed by atoms with E-state index in [-0.39, 0.29) is 10.3 Å². The third-order valence-electron chi connectivity index (χ3n) is 4.49. The Morgan fingerprint density at radius 2 is 1.61 bits per heavy atom. The number of pyridine rings is 1. The van der Waals surface area contributed by atoms with Crippen LogP contribution in [0.2, 0.25) is 5.02 Å². The molecule has 0 fully saturated rings. The fraction of sp³-hybridized carbons (Fsp3) is 0.227. The third kappa shape index (κ3) is 4.91. The van der Waals surface area contributed by atoms with Crippen molar-refractivity contribution in [2.75, 3.05) is 4.72 Å². The van der Waals surface area contributed by atoms with E-state index >= 15 is 0 Å². The molecule has 0 amide bonds. The Labute approximate surface area is 171 Å². The van der Waals surface area contributed by atoms with E-state index in [1.807, 2.05) is 24.3 Å². The van der Waals surface area contributed by atoms with Crippen molar-refractivity contribution in [3.63, 3.8) is 0 Å². The molecule has 0 aliphatic heterocycles. The molecule has 0 bridgehead atoms. The number of aromatic nitrogens is 1. The smallest absolute Gasteiger partial charge is 0.261 e. The third-order valence-corrected chi connectivity index (χ3v) is 6.10. The van der Waals surface area contributed by atoms with Crippen LogP contribution in [0.1, 0.15) is 37.5 Å². The Morgan fingerprint density at radius 1 is 0.964 bits per heavy atom. The van der Waals surface area contributed by atoms with Gasteiger partial charge in [0.25, 0.3) is 10.0 Å². The molecule has 1 N–H and O–H groups in total. The molecule has 0 aliphatic carbocycles. The number of hydrogen-bond donors (Lipinski definition) is 1. The highest BCUT2D eigenvalue weighted by Gasteiger charge is 2.19. The van der Waals surface area contributed by atoms with Crippen LogP contribution in [0.3, 0.4) is 0 Å². The zero-order chi connectivity index (χ0) is 20.4. The van der Waals surface area contributed by atoms with Gasteiger partial charge in [0.05, 0.1) is 10.6 Å². The Hall–Kier alpha value is -2.37. The summed E-state index contributed by atoms with van der Waals surface area (Å²) in [6.07, 6.45) is 3.96. The zero-order valence-electron chi connectivity index (χ0n) is 16.1. The van der Waals surface area contributed by atoms with E-state index in [1.54, 1.807) is 42.7 Å². The van der Waals surface area contributed by atoms with Crippen molar-refractivity contribution < 1.29 is 8.42 Å². The van der Waals surface area contributed by atoms with Crippen molar-refractivity contribution in [1.82, 2.24) is 4.98 Å². The maximum atomic E-state index is 12.9. The van der Waals surface area contributed by atoms with Gasteiger partial charge in [-0.3, -0.25) is 9.71 Å². The Kier molecular flexibility index (Phi) is 5.77. The summed E-state index contributed by atoms with van der Waals surface area (Å²) in [7, 11) is -3.71. The molecule has 146 valence electrons. The van der Waals surface area contributed by atoms with Gasteiger partial charge in [-0.1, -0.05) is 44.5 Å². The molecule has 0 aliphatic rings. The molecule has 4 nitrogen and oxygen atoms in total. The lowest BCUT2D eigenvalue weighted by atomic mass is 9.87. The van der Waals surface area contributed by atoms with Crippen molar-refractivity contribution in [1.29, 1.82) is 0 Å². The largest absolute Gasteiger partial charge is 0.279 e. The Morgan fingerprint density at radius 3 is 2.21 bits per heavy atom. The summed E-state index contributed by atoms with van der Waals surface area (Å²) in [6, 6.07) is 15.9. The molecule has 0 radical (unpaired) electrons. The lowest BCUT2D eigenvalue weighted by Crippen LogP contribution is -2.16. The van der Waals surface area contributed by atoms with E-state index in [0.29, 0.717) is 17.1 Å². The lowest BCUT2D eigenvalue weighted by Gasteiger charge is -2.19. The second-order valence-corrected chi connectivity index (χ2v) is 9.83. The predicted octanol–water partition coefficient (Wildman–Crippen LogP) is 5.42. The lowest BCUT2D eigenvalue weighted by molar-refractivity contribution is 0.587. The maximum absolute atomic E-state index is 12.9. The monoisotopic (exact) mass is 414 g/mol. The van der Waals surface area contributed by atoms with Gasteiger partial charge in [0.15, 0.2) is 0 Å². The topological polar surface area (TPSA) is 59.1 Å². The standard InChI is InChI=1S/C22H23ClN2O2S/c1-22(2,3)18-4-7-20(8-5-18)28(26,27)25-21-9-6-19(23)15-17(21)14-16-10-12-24-13-11-16/h4-13,15,25H,14H2,1-3H3. The van der Waals surface area contributed by atoms with Gasteiger partial charge in [0.1, 0.15) is 0 Å². The van der Waals surface area contributed by atoms with Crippen LogP contribution in [0.25, 0.3) is 0 Å². The first-order valence-electron chi connectivity index (χ1n) is 8.96. The highest BCUT2D eigenvalue weighted by molar-refractivity contribution is 7.92. The van der Waals surface area contributed by atoms with E-state index in [4.69, 9.17) is 11.6 Å². The zero-order valence-corrected chi connectivity index (χ0v) is 17.7. The van der Waals surface area contributed by atoms with Gasteiger partial charge in [0.2, 0.25) is 0 Å². The van der Waals surface area contributed by atoms with Crippen LogP contribution in [-0.2, 0) is 21.9 Å². The SMILES string of the molecule is CC(C)(C)c1ccc(S(=O)(=O)Nc2ccc(Cl)cc2Cc2ccncc2)cc1. The van der Waals surface area contributed by atoms with Crippen LogP contribution in [0.15, 0.2) is 71.9 Å². The Bertz CT molecular complexity index is 1060. The van der Waals surface area contributed by atoms with Crippen molar-refractivity contribution in [2.24, 2.45) is 0 Å². The molecule has 6 heteroatoms. The summed E-state index contributed by atoms with van der Waals surface area (Å²) >= 11 is 6.14. The summed E-state index contributed by atoms with van der Waals surface area (Å²) < 4.78 is 28.5. The molecule has 2 aromatic carbocycles. The van der Waals surface area contributed by atoms with E-state index in [9.17, 15) is 8.42 Å². The predicted molar refractivity (Wildman–Crippen MR) is 114 cm³/mol. The molecule has 0 spiro atoms. The first-order valence-corrected chi connectivity index (χ1v) is 10.8. The quantitative estimate of drug-likeness (QED) is 0.606. The van der Waals surface area contributed by atoms with Crippen molar-refractivity contribution in [2.45, 2.75) is 37.5 Å². The average molecular weight is 415 g/mol. The second-order valence-electron chi connectivity index (χ2n) is 7.71. The fourth-order valence-electron chi connectivity index (χ4n) is 2.87. The maximum Gasteiger partial charge on any atom is 0.261 e. The van der Waals surface area contributed by atoms with Gasteiger partial charge < -0.3 is 0 Å². The van der Waals surface area contributed by atoms with Gasteiger partial charge >= 0.3 is 0 Å². The molecule has 1 heterocycles. The number of anilines is 1. The highest BCUT2D eigenvalue weighted by Crippen LogP contribution is 2.27. The number of nitrogens with one attached hydrogen (secondary N) is 1. The minimum absolute atomic E-state index is 0.0381. The van der Waals surface area contributed by atoms with Crippen LogP contribution < -0.4 is 4.72 Å². The number of halogens is 1. The molecule has 0 saturated heterocycles. The van der Waals surface area contributed by atoms with E-state index < -0.39 is 10.0 Å². The van der Waals surface area contributed by atoms with E-state index in [1.165, 1.54) is 0 Å². The minimum Gasteiger partial charge on any atom is -0.279 e. The number of rotatable bonds is 5. The van der Waals surface area contributed by atoms with Gasteiger partial charge in [-0.25, -0.2) is 8.42 Å². The van der Waals surface area contributed by atoms with Crippen LogP contribution in [0.5, 0.6) is 0 Å². The van der Waals surface area contributed by atoms with Crippen LogP contribution in [-0.4, -0.2) is 13.4 Å². The van der Waals surface area contributed by atoms with E-state index in [0.717, 1.165) is 16.7 Å². The summed E-state index contributed by atoms with van der Waals surface area (Å²) in [4.78, 5) is 4.24. The molecular weight excluding hydrogens is 392 g/mol. The highest BCUT2D eigenvalue weighted by atomic mass is 35.5. The number of sulfonamides is 1.